The normalized spacial score (nSPS) is 15.2. The zero-order valence-corrected chi connectivity index (χ0v) is 17.2. The highest BCUT2D eigenvalue weighted by Gasteiger charge is 2.19. The van der Waals surface area contributed by atoms with E-state index in [1.807, 2.05) is 6.92 Å². The largest absolute Gasteiger partial charge is 0.382 e. The summed E-state index contributed by atoms with van der Waals surface area (Å²) in [6, 6.07) is 10.6. The van der Waals surface area contributed by atoms with Crippen LogP contribution in [0, 0.1) is 0 Å². The maximum absolute atomic E-state index is 5.37. The zero-order chi connectivity index (χ0) is 16.3. The highest BCUT2D eigenvalue weighted by atomic mass is 127. The maximum atomic E-state index is 5.37. The number of halogens is 1. The molecule has 5 nitrogen and oxygen atoms in total. The minimum atomic E-state index is 0. The van der Waals surface area contributed by atoms with Gasteiger partial charge < -0.3 is 19.9 Å². The molecule has 1 fully saturated rings. The quantitative estimate of drug-likeness (QED) is 0.303. The van der Waals surface area contributed by atoms with Crippen LogP contribution in [-0.2, 0) is 4.74 Å². The van der Waals surface area contributed by atoms with Crippen molar-refractivity contribution in [3.63, 3.8) is 0 Å². The molecule has 6 heteroatoms. The van der Waals surface area contributed by atoms with Crippen LogP contribution in [0.25, 0.3) is 0 Å². The summed E-state index contributed by atoms with van der Waals surface area (Å²) in [4.78, 5) is 9.54. The van der Waals surface area contributed by atoms with E-state index in [1.54, 1.807) is 0 Å². The Hall–Kier alpha value is -1.02. The molecule has 0 saturated carbocycles. The Morgan fingerprint density at radius 3 is 2.46 bits per heavy atom. The van der Waals surface area contributed by atoms with Gasteiger partial charge in [0.2, 0.25) is 0 Å². The van der Waals surface area contributed by atoms with Gasteiger partial charge in [-0.05, 0) is 32.4 Å². The van der Waals surface area contributed by atoms with Crippen LogP contribution < -0.4 is 10.2 Å². The van der Waals surface area contributed by atoms with Gasteiger partial charge in [-0.15, -0.1) is 24.0 Å². The van der Waals surface area contributed by atoms with Crippen LogP contribution in [0.15, 0.2) is 35.3 Å². The number of ether oxygens (including phenoxy) is 1. The average molecular weight is 446 g/mol. The van der Waals surface area contributed by atoms with Gasteiger partial charge in [0, 0.05) is 58.2 Å². The lowest BCUT2D eigenvalue weighted by Gasteiger charge is -2.37. The number of rotatable bonds is 7. The predicted octanol–water partition coefficient (Wildman–Crippen LogP) is 2.82. The van der Waals surface area contributed by atoms with Crippen molar-refractivity contribution in [1.82, 2.24) is 10.2 Å². The smallest absolute Gasteiger partial charge is 0.194 e. The molecule has 1 aliphatic rings. The molecule has 0 spiro atoms. The molecular weight excluding hydrogens is 415 g/mol. The van der Waals surface area contributed by atoms with Gasteiger partial charge in [-0.25, -0.2) is 0 Å². The van der Waals surface area contributed by atoms with E-state index >= 15 is 0 Å². The van der Waals surface area contributed by atoms with E-state index in [0.717, 1.165) is 64.9 Å². The standard InChI is InChI=1S/C18H30N4O.HI/c1-3-19-18(20-11-8-16-23-4-2)22-14-12-21(13-15-22)17-9-6-5-7-10-17;/h5-7,9-10H,3-4,8,11-16H2,1-2H3,(H,19,20);1H. The lowest BCUT2D eigenvalue weighted by Crippen LogP contribution is -2.52. The Kier molecular flexibility index (Phi) is 10.8. The summed E-state index contributed by atoms with van der Waals surface area (Å²) >= 11 is 0. The van der Waals surface area contributed by atoms with Crippen LogP contribution in [0.2, 0.25) is 0 Å². The van der Waals surface area contributed by atoms with E-state index in [1.165, 1.54) is 5.69 Å². The number of piperazine rings is 1. The minimum absolute atomic E-state index is 0. The number of para-hydroxylation sites is 1. The number of guanidine groups is 1. The lowest BCUT2D eigenvalue weighted by molar-refractivity contribution is 0.146. The molecule has 1 saturated heterocycles. The first-order chi connectivity index (χ1) is 11.3. The third-order valence-electron chi connectivity index (χ3n) is 3.95. The van der Waals surface area contributed by atoms with Gasteiger partial charge in [-0.3, -0.25) is 4.99 Å². The average Bonchev–Trinajstić information content (AvgIpc) is 2.61. The number of nitrogens with zero attached hydrogens (tertiary/aromatic N) is 3. The van der Waals surface area contributed by atoms with Gasteiger partial charge >= 0.3 is 0 Å². The molecule has 0 bridgehead atoms. The van der Waals surface area contributed by atoms with E-state index in [0.29, 0.717) is 0 Å². The number of aliphatic imine (C=N–C) groups is 1. The fourth-order valence-corrected chi connectivity index (χ4v) is 2.74. The number of hydrogen-bond donors (Lipinski definition) is 1. The molecule has 0 aliphatic carbocycles. The SMILES string of the molecule is CCNC(=NCCCOCC)N1CCN(c2ccccc2)CC1.I. The van der Waals surface area contributed by atoms with Crippen molar-refractivity contribution in [3.05, 3.63) is 30.3 Å². The predicted molar refractivity (Wildman–Crippen MR) is 113 cm³/mol. The first-order valence-corrected chi connectivity index (χ1v) is 8.76. The second-order valence-electron chi connectivity index (χ2n) is 5.60. The van der Waals surface area contributed by atoms with Crippen LogP contribution >= 0.6 is 24.0 Å². The molecule has 0 atom stereocenters. The fraction of sp³-hybridized carbons (Fsp3) is 0.611. The molecular formula is C18H31IN4O. The maximum Gasteiger partial charge on any atom is 0.194 e. The van der Waals surface area contributed by atoms with Crippen LogP contribution in [-0.4, -0.2) is 63.3 Å². The van der Waals surface area contributed by atoms with Crippen LogP contribution in [0.5, 0.6) is 0 Å². The molecule has 1 N–H and O–H groups in total. The second kappa shape index (κ2) is 12.4. The Labute approximate surface area is 163 Å². The molecule has 1 aromatic rings. The second-order valence-corrected chi connectivity index (χ2v) is 5.60. The Morgan fingerprint density at radius 1 is 1.12 bits per heavy atom. The highest BCUT2D eigenvalue weighted by molar-refractivity contribution is 14.0. The Balaban J connectivity index is 0.00000288. The van der Waals surface area contributed by atoms with Crippen LogP contribution in [0.3, 0.4) is 0 Å². The van der Waals surface area contributed by atoms with Crippen molar-refractivity contribution >= 4 is 35.6 Å². The van der Waals surface area contributed by atoms with Gasteiger partial charge in [0.25, 0.3) is 0 Å². The van der Waals surface area contributed by atoms with Crippen molar-refractivity contribution in [2.24, 2.45) is 4.99 Å². The van der Waals surface area contributed by atoms with Gasteiger partial charge in [-0.1, -0.05) is 18.2 Å². The number of nitrogens with one attached hydrogen (secondary N) is 1. The Morgan fingerprint density at radius 2 is 1.83 bits per heavy atom. The molecule has 1 aromatic carbocycles. The summed E-state index contributed by atoms with van der Waals surface area (Å²) < 4.78 is 5.37. The molecule has 136 valence electrons. The molecule has 0 aromatic heterocycles. The third-order valence-corrected chi connectivity index (χ3v) is 3.95. The van der Waals surface area contributed by atoms with Crippen LogP contribution in [0.1, 0.15) is 20.3 Å². The molecule has 0 unspecified atom stereocenters. The summed E-state index contributed by atoms with van der Waals surface area (Å²) in [5.41, 5.74) is 1.31. The van der Waals surface area contributed by atoms with E-state index in [4.69, 9.17) is 9.73 Å². The molecule has 1 aliphatic heterocycles. The highest BCUT2D eigenvalue weighted by Crippen LogP contribution is 2.15. The van der Waals surface area contributed by atoms with Gasteiger partial charge in [0.15, 0.2) is 5.96 Å². The first-order valence-electron chi connectivity index (χ1n) is 8.76. The zero-order valence-electron chi connectivity index (χ0n) is 14.9. The van der Waals surface area contributed by atoms with Crippen molar-refractivity contribution in [2.45, 2.75) is 20.3 Å². The number of hydrogen-bond acceptors (Lipinski definition) is 3. The summed E-state index contributed by atoms with van der Waals surface area (Å²) in [5.74, 6) is 1.04. The van der Waals surface area contributed by atoms with E-state index in [-0.39, 0.29) is 24.0 Å². The van der Waals surface area contributed by atoms with Gasteiger partial charge in [-0.2, -0.15) is 0 Å². The lowest BCUT2D eigenvalue weighted by atomic mass is 10.2. The summed E-state index contributed by atoms with van der Waals surface area (Å²) in [7, 11) is 0. The summed E-state index contributed by atoms with van der Waals surface area (Å²) in [6.07, 6.45) is 0.979. The fourth-order valence-electron chi connectivity index (χ4n) is 2.74. The Bertz CT molecular complexity index is 461. The molecule has 2 rings (SSSR count). The van der Waals surface area contributed by atoms with E-state index < -0.39 is 0 Å². The van der Waals surface area contributed by atoms with Gasteiger partial charge in [0.05, 0.1) is 0 Å². The van der Waals surface area contributed by atoms with E-state index in [2.05, 4.69) is 52.4 Å². The molecule has 24 heavy (non-hydrogen) atoms. The summed E-state index contributed by atoms with van der Waals surface area (Å²) in [5, 5.41) is 3.41. The van der Waals surface area contributed by atoms with Crippen molar-refractivity contribution in [1.29, 1.82) is 0 Å². The molecule has 0 amide bonds. The topological polar surface area (TPSA) is 40.1 Å². The molecule has 1 heterocycles. The molecule has 0 radical (unpaired) electrons. The van der Waals surface area contributed by atoms with Crippen LogP contribution in [0.4, 0.5) is 5.69 Å². The first kappa shape index (κ1) is 21.0. The van der Waals surface area contributed by atoms with E-state index in [9.17, 15) is 0 Å². The monoisotopic (exact) mass is 446 g/mol. The van der Waals surface area contributed by atoms with Crippen molar-refractivity contribution in [2.75, 3.05) is 57.4 Å². The van der Waals surface area contributed by atoms with Gasteiger partial charge in [0.1, 0.15) is 0 Å². The minimum Gasteiger partial charge on any atom is -0.382 e. The summed E-state index contributed by atoms with van der Waals surface area (Å²) in [6.45, 7) is 11.5. The number of benzene rings is 1. The number of anilines is 1. The van der Waals surface area contributed by atoms with Crippen molar-refractivity contribution < 1.29 is 4.74 Å². The third kappa shape index (κ3) is 6.84. The van der Waals surface area contributed by atoms with Crippen molar-refractivity contribution in [3.8, 4) is 0 Å².